The molecule has 0 aliphatic carbocycles. The molecule has 0 aliphatic heterocycles. The first kappa shape index (κ1) is 29.6. The van der Waals surface area contributed by atoms with Crippen LogP contribution < -0.4 is 51.4 Å². The molecule has 0 aromatic carbocycles. The summed E-state index contributed by atoms with van der Waals surface area (Å²) in [7, 11) is 0. The molecule has 0 spiro atoms. The van der Waals surface area contributed by atoms with Crippen LogP contribution in [0.5, 0.6) is 0 Å². The van der Waals surface area contributed by atoms with Gasteiger partial charge in [0.15, 0.2) is 0 Å². The smallest absolute Gasteiger partial charge is 2.00 e. The van der Waals surface area contributed by atoms with E-state index in [9.17, 15) is 0 Å². The quantitative estimate of drug-likeness (QED) is 0.409. The summed E-state index contributed by atoms with van der Waals surface area (Å²) in [6, 6.07) is 0. The molecule has 0 rings (SSSR count). The van der Waals surface area contributed by atoms with Gasteiger partial charge in [-0.2, -0.15) is 0 Å². The minimum atomic E-state index is 0. The minimum absolute atomic E-state index is 0. The van der Waals surface area contributed by atoms with Gasteiger partial charge in [0.2, 0.25) is 0 Å². The normalized spacial score (nSPS) is 0. The Kier molecular flexibility index (Phi) is 127. The Balaban J connectivity index is 0. The Bertz CT molecular complexity index is 8.00. The van der Waals surface area contributed by atoms with E-state index in [0.717, 1.165) is 0 Å². The molecule has 0 N–H and O–H groups in total. The molecule has 0 saturated carbocycles. The minimum Gasteiger partial charge on any atom is -2.00 e. The zero-order valence-corrected chi connectivity index (χ0v) is 10.4. The van der Waals surface area contributed by atoms with Crippen LogP contribution in [0.15, 0.2) is 0 Å². The van der Waals surface area contributed by atoms with E-state index in [1.165, 1.54) is 0 Å². The fourth-order valence-electron chi connectivity index (χ4n) is 0. The van der Waals surface area contributed by atoms with Crippen LogP contribution >= 0.6 is 0 Å². The van der Waals surface area contributed by atoms with Crippen molar-refractivity contribution in [2.45, 2.75) is 0 Å². The summed E-state index contributed by atoms with van der Waals surface area (Å²) in [5.74, 6) is 0. The molecule has 0 saturated heterocycles. The standard InChI is InChI=1S/K.O.Pb.Si/q+1;-2;+2;+4. The van der Waals surface area contributed by atoms with Gasteiger partial charge in [0.1, 0.15) is 0 Å². The van der Waals surface area contributed by atoms with Gasteiger partial charge < -0.3 is 5.48 Å². The van der Waals surface area contributed by atoms with Crippen molar-refractivity contribution < 1.29 is 56.9 Å². The molecule has 0 aliphatic rings. The van der Waals surface area contributed by atoms with Crippen molar-refractivity contribution in [1.82, 2.24) is 0 Å². The van der Waals surface area contributed by atoms with Crippen LogP contribution in [-0.4, -0.2) is 38.3 Å². The third kappa shape index (κ3) is 8.83. The Morgan fingerprint density at radius 3 is 1.00 bits per heavy atom. The molecule has 0 fully saturated rings. The van der Waals surface area contributed by atoms with Gasteiger partial charge in [0.05, 0.1) is 0 Å². The molecule has 0 heterocycles. The van der Waals surface area contributed by atoms with E-state index < -0.39 is 0 Å². The summed E-state index contributed by atoms with van der Waals surface area (Å²) in [6.07, 6.45) is 0. The van der Waals surface area contributed by atoms with Crippen molar-refractivity contribution in [3.63, 3.8) is 0 Å². The van der Waals surface area contributed by atoms with Gasteiger partial charge in [0, 0.05) is 0 Å². The molecule has 0 unspecified atom stereocenters. The van der Waals surface area contributed by atoms with Crippen LogP contribution in [0.25, 0.3) is 0 Å². The predicted octanol–water partition coefficient (Wildman–Crippen LogP) is -3.88. The van der Waals surface area contributed by atoms with Crippen LogP contribution in [0.2, 0.25) is 0 Å². The van der Waals surface area contributed by atoms with Crippen LogP contribution in [0.3, 0.4) is 0 Å². The van der Waals surface area contributed by atoms with Crippen LogP contribution in [0.4, 0.5) is 0 Å². The molecular weight excluding hydrogens is 290 g/mol. The summed E-state index contributed by atoms with van der Waals surface area (Å²) < 4.78 is 0. The Morgan fingerprint density at radius 2 is 1.00 bits per heavy atom. The molecule has 10 valence electrons. The maximum absolute atomic E-state index is 0. The Hall–Kier alpha value is 2.74. The number of rotatable bonds is 0. The van der Waals surface area contributed by atoms with Gasteiger partial charge in [0.25, 0.3) is 0 Å². The molecule has 0 aromatic heterocycles. The predicted molar refractivity (Wildman–Crippen MR) is 12.2 cm³/mol. The van der Waals surface area contributed by atoms with E-state index in [-0.39, 0.29) is 95.1 Å². The third-order valence-electron chi connectivity index (χ3n) is 0. The molecule has 4 heavy (non-hydrogen) atoms. The second-order valence-electron chi connectivity index (χ2n) is 0. The van der Waals surface area contributed by atoms with E-state index in [1.807, 2.05) is 0 Å². The molecule has 1 nitrogen and oxygen atoms in total. The van der Waals surface area contributed by atoms with E-state index in [0.29, 0.717) is 0 Å². The van der Waals surface area contributed by atoms with Crippen molar-refractivity contribution in [1.29, 1.82) is 0 Å². The molecule has 0 aromatic rings. The zero-order valence-electron chi connectivity index (χ0n) is 2.41. The van der Waals surface area contributed by atoms with Crippen molar-refractivity contribution in [2.75, 3.05) is 0 Å². The Labute approximate surface area is 92.8 Å². The largest absolute Gasteiger partial charge is 4.00 e. The van der Waals surface area contributed by atoms with Crippen LogP contribution in [0.1, 0.15) is 0 Å². The zero-order chi connectivity index (χ0) is 0. The maximum atomic E-state index is 0. The fourth-order valence-corrected chi connectivity index (χ4v) is 0. The van der Waals surface area contributed by atoms with Crippen molar-refractivity contribution in [3.8, 4) is 0 Å². The van der Waals surface area contributed by atoms with E-state index in [2.05, 4.69) is 0 Å². The van der Waals surface area contributed by atoms with Gasteiger partial charge in [-0.05, 0) is 0 Å². The maximum Gasteiger partial charge on any atom is 4.00 e. The summed E-state index contributed by atoms with van der Waals surface area (Å²) in [6.45, 7) is 0. The van der Waals surface area contributed by atoms with Crippen molar-refractivity contribution >= 4 is 38.3 Å². The monoisotopic (exact) mass is 291 g/mol. The molecule has 0 amide bonds. The third-order valence-corrected chi connectivity index (χ3v) is 0. The number of hydrogen-bond acceptors (Lipinski definition) is 0. The van der Waals surface area contributed by atoms with Crippen molar-refractivity contribution in [3.05, 3.63) is 0 Å². The first-order valence-electron chi connectivity index (χ1n) is 0. The summed E-state index contributed by atoms with van der Waals surface area (Å²) in [4.78, 5) is 0. The van der Waals surface area contributed by atoms with Gasteiger partial charge in [-0.25, -0.2) is 0 Å². The topological polar surface area (TPSA) is 28.5 Å². The van der Waals surface area contributed by atoms with Gasteiger partial charge >= 0.3 is 89.6 Å². The SMILES string of the molecule is [K+].[O-2].[Pb+2].[Si+4]. The van der Waals surface area contributed by atoms with Gasteiger partial charge in [-0.1, -0.05) is 0 Å². The van der Waals surface area contributed by atoms with E-state index >= 15 is 0 Å². The summed E-state index contributed by atoms with van der Waals surface area (Å²) in [5, 5.41) is 0. The van der Waals surface area contributed by atoms with Gasteiger partial charge in [-0.3, -0.25) is 0 Å². The van der Waals surface area contributed by atoms with E-state index in [1.54, 1.807) is 0 Å². The average Bonchev–Trinajstić information content (AvgIpc) is 0. The Morgan fingerprint density at radius 1 is 1.00 bits per heavy atom. The van der Waals surface area contributed by atoms with Crippen LogP contribution in [-0.2, 0) is 5.48 Å². The average molecular weight is 290 g/mol. The van der Waals surface area contributed by atoms with Crippen molar-refractivity contribution in [2.24, 2.45) is 0 Å². The van der Waals surface area contributed by atoms with Crippen LogP contribution in [0, 0.1) is 0 Å². The summed E-state index contributed by atoms with van der Waals surface area (Å²) in [5.41, 5.74) is 0. The number of hydrogen-bond donors (Lipinski definition) is 0. The second-order valence-corrected chi connectivity index (χ2v) is 0. The first-order chi connectivity index (χ1) is 0. The molecule has 4 heteroatoms. The molecule has 0 atom stereocenters. The van der Waals surface area contributed by atoms with E-state index in [4.69, 9.17) is 0 Å². The fraction of sp³-hybridized carbons (Fsp3) is 0. The van der Waals surface area contributed by atoms with Gasteiger partial charge in [-0.15, -0.1) is 0 Å². The molecule has 0 bridgehead atoms. The second kappa shape index (κ2) is 17.2. The molecular formula is KOPbSi+5. The first-order valence-corrected chi connectivity index (χ1v) is 0. The summed E-state index contributed by atoms with van der Waals surface area (Å²) >= 11 is 0. The molecule has 2 radical (unpaired) electrons.